The van der Waals surface area contributed by atoms with E-state index < -0.39 is 0 Å². The molecule has 0 saturated heterocycles. The van der Waals surface area contributed by atoms with Crippen LogP contribution in [0.1, 0.15) is 5.56 Å². The number of allylic oxidation sites excluding steroid dienone is 1. The highest BCUT2D eigenvalue weighted by molar-refractivity contribution is 8.01. The fourth-order valence-corrected chi connectivity index (χ4v) is 1.50. The van der Waals surface area contributed by atoms with E-state index in [0.717, 1.165) is 11.8 Å². The Kier molecular flexibility index (Phi) is 4.06. The molecule has 0 atom stereocenters. The molecular weight excluding hydrogens is 204 g/mol. The van der Waals surface area contributed by atoms with Gasteiger partial charge in [0.2, 0.25) is 0 Å². The highest BCUT2D eigenvalue weighted by atomic mass is 35.5. The van der Waals surface area contributed by atoms with Crippen molar-refractivity contribution in [2.45, 2.75) is 0 Å². The highest BCUT2D eigenvalue weighted by Gasteiger charge is 1.98. The molecule has 13 heavy (non-hydrogen) atoms. The van der Waals surface area contributed by atoms with E-state index in [1.54, 1.807) is 12.1 Å². The van der Waals surface area contributed by atoms with E-state index in [1.165, 1.54) is 11.8 Å². The average molecular weight is 213 g/mol. The van der Waals surface area contributed by atoms with E-state index in [9.17, 15) is 4.79 Å². The standard InChI is InChI=1S/C10H9ClOS/c1-13-7-9(6-12)8-2-4-10(11)5-3-8/h2-7H,1H3/b9-7+. The maximum atomic E-state index is 10.7. The molecular formula is C10H9ClOS. The molecule has 0 heterocycles. The van der Waals surface area contributed by atoms with Crippen LogP contribution in [0.5, 0.6) is 0 Å². The summed E-state index contributed by atoms with van der Waals surface area (Å²) in [6.07, 6.45) is 2.76. The SMILES string of the molecule is CS/C=C(\C=O)c1ccc(Cl)cc1. The first kappa shape index (κ1) is 10.4. The predicted octanol–water partition coefficient (Wildman–Crippen LogP) is 3.24. The Balaban J connectivity index is 2.99. The molecule has 1 aromatic rings. The fourth-order valence-electron chi connectivity index (χ4n) is 0.933. The summed E-state index contributed by atoms with van der Waals surface area (Å²) in [7, 11) is 0. The normalized spacial score (nSPS) is 11.4. The van der Waals surface area contributed by atoms with Crippen LogP contribution in [0, 0.1) is 0 Å². The molecule has 0 N–H and O–H groups in total. The molecule has 3 heteroatoms. The summed E-state index contributed by atoms with van der Waals surface area (Å²) in [5.74, 6) is 0. The van der Waals surface area contributed by atoms with E-state index in [-0.39, 0.29) is 0 Å². The molecule has 0 bridgehead atoms. The van der Waals surface area contributed by atoms with Crippen LogP contribution < -0.4 is 0 Å². The molecule has 1 nitrogen and oxygen atoms in total. The van der Waals surface area contributed by atoms with Crippen molar-refractivity contribution in [2.24, 2.45) is 0 Å². The Bertz CT molecular complexity index is 316. The number of benzene rings is 1. The van der Waals surface area contributed by atoms with Crippen LogP contribution in [0.15, 0.2) is 29.7 Å². The summed E-state index contributed by atoms with van der Waals surface area (Å²) in [6.45, 7) is 0. The lowest BCUT2D eigenvalue weighted by molar-refractivity contribution is -0.103. The lowest BCUT2D eigenvalue weighted by atomic mass is 10.1. The monoisotopic (exact) mass is 212 g/mol. The van der Waals surface area contributed by atoms with Crippen LogP contribution in [0.3, 0.4) is 0 Å². The molecule has 0 radical (unpaired) electrons. The average Bonchev–Trinajstić information content (AvgIpc) is 2.16. The quantitative estimate of drug-likeness (QED) is 0.565. The zero-order chi connectivity index (χ0) is 9.68. The Morgan fingerprint density at radius 2 is 2.00 bits per heavy atom. The van der Waals surface area contributed by atoms with Crippen LogP contribution in [-0.4, -0.2) is 12.5 Å². The van der Waals surface area contributed by atoms with Crippen molar-refractivity contribution in [1.29, 1.82) is 0 Å². The highest BCUT2D eigenvalue weighted by Crippen LogP contribution is 2.17. The molecule has 0 amide bonds. The second kappa shape index (κ2) is 5.10. The third kappa shape index (κ3) is 2.90. The first-order chi connectivity index (χ1) is 6.27. The second-order valence-electron chi connectivity index (χ2n) is 2.43. The van der Waals surface area contributed by atoms with Gasteiger partial charge in [-0.2, -0.15) is 0 Å². The van der Waals surface area contributed by atoms with Gasteiger partial charge in [-0.25, -0.2) is 0 Å². The van der Waals surface area contributed by atoms with E-state index in [4.69, 9.17) is 11.6 Å². The van der Waals surface area contributed by atoms with Crippen molar-refractivity contribution in [3.05, 3.63) is 40.3 Å². The van der Waals surface area contributed by atoms with Crippen molar-refractivity contribution in [2.75, 3.05) is 6.26 Å². The predicted molar refractivity (Wildman–Crippen MR) is 59.0 cm³/mol. The third-order valence-corrected chi connectivity index (χ3v) is 2.29. The number of hydrogen-bond acceptors (Lipinski definition) is 2. The lowest BCUT2D eigenvalue weighted by Crippen LogP contribution is -1.83. The maximum Gasteiger partial charge on any atom is 0.151 e. The minimum atomic E-state index is 0.679. The zero-order valence-corrected chi connectivity index (χ0v) is 8.73. The summed E-state index contributed by atoms with van der Waals surface area (Å²) in [5, 5.41) is 2.49. The molecule has 0 aromatic heterocycles. The number of aldehydes is 1. The molecule has 0 aliphatic carbocycles. The summed E-state index contributed by atoms with van der Waals surface area (Å²) in [4.78, 5) is 10.7. The van der Waals surface area contributed by atoms with E-state index >= 15 is 0 Å². The fraction of sp³-hybridized carbons (Fsp3) is 0.100. The molecule has 1 rings (SSSR count). The van der Waals surface area contributed by atoms with Crippen molar-refractivity contribution < 1.29 is 4.79 Å². The molecule has 68 valence electrons. The van der Waals surface area contributed by atoms with Gasteiger partial charge in [-0.05, 0) is 29.4 Å². The van der Waals surface area contributed by atoms with E-state index in [0.29, 0.717) is 10.6 Å². The molecule has 0 aliphatic heterocycles. The van der Waals surface area contributed by atoms with Gasteiger partial charge in [0, 0.05) is 10.6 Å². The van der Waals surface area contributed by atoms with Gasteiger partial charge in [-0.15, -0.1) is 11.8 Å². The van der Waals surface area contributed by atoms with Crippen molar-refractivity contribution in [1.82, 2.24) is 0 Å². The Hall–Kier alpha value is -0.730. The zero-order valence-electron chi connectivity index (χ0n) is 7.16. The van der Waals surface area contributed by atoms with Gasteiger partial charge >= 0.3 is 0 Å². The maximum absolute atomic E-state index is 10.7. The largest absolute Gasteiger partial charge is 0.298 e. The van der Waals surface area contributed by atoms with Gasteiger partial charge < -0.3 is 0 Å². The van der Waals surface area contributed by atoms with E-state index in [2.05, 4.69) is 0 Å². The molecule has 1 aromatic carbocycles. The van der Waals surface area contributed by atoms with Crippen molar-refractivity contribution >= 4 is 35.2 Å². The number of thioether (sulfide) groups is 1. The first-order valence-corrected chi connectivity index (χ1v) is 5.38. The number of carbonyl (C=O) groups excluding carboxylic acids is 1. The Morgan fingerprint density at radius 1 is 1.38 bits per heavy atom. The summed E-state index contributed by atoms with van der Waals surface area (Å²) in [5.41, 5.74) is 1.58. The first-order valence-electron chi connectivity index (χ1n) is 3.72. The lowest BCUT2D eigenvalue weighted by Gasteiger charge is -1.98. The van der Waals surface area contributed by atoms with E-state index in [1.807, 2.05) is 23.8 Å². The minimum absolute atomic E-state index is 0.679. The smallest absolute Gasteiger partial charge is 0.151 e. The summed E-state index contributed by atoms with van der Waals surface area (Å²) >= 11 is 7.23. The van der Waals surface area contributed by atoms with Gasteiger partial charge in [0.05, 0.1) is 0 Å². The van der Waals surface area contributed by atoms with Crippen LogP contribution in [-0.2, 0) is 4.79 Å². The Morgan fingerprint density at radius 3 is 2.46 bits per heavy atom. The molecule has 0 saturated carbocycles. The Labute approximate surface area is 86.8 Å². The van der Waals surface area contributed by atoms with Crippen molar-refractivity contribution in [3.8, 4) is 0 Å². The van der Waals surface area contributed by atoms with Gasteiger partial charge in [0.1, 0.15) is 0 Å². The van der Waals surface area contributed by atoms with Crippen LogP contribution in [0.2, 0.25) is 5.02 Å². The minimum Gasteiger partial charge on any atom is -0.298 e. The number of carbonyl (C=O) groups is 1. The summed E-state index contributed by atoms with van der Waals surface area (Å²) < 4.78 is 0. The molecule has 0 fully saturated rings. The molecule has 0 aliphatic rings. The van der Waals surface area contributed by atoms with Gasteiger partial charge in [0.15, 0.2) is 6.29 Å². The van der Waals surface area contributed by atoms with Crippen LogP contribution in [0.25, 0.3) is 5.57 Å². The van der Waals surface area contributed by atoms with Crippen LogP contribution in [0.4, 0.5) is 0 Å². The molecule has 0 spiro atoms. The molecule has 0 unspecified atom stereocenters. The number of hydrogen-bond donors (Lipinski definition) is 0. The third-order valence-electron chi connectivity index (χ3n) is 1.55. The number of rotatable bonds is 3. The van der Waals surface area contributed by atoms with Gasteiger partial charge in [-0.1, -0.05) is 23.7 Å². The topological polar surface area (TPSA) is 17.1 Å². The van der Waals surface area contributed by atoms with Gasteiger partial charge in [0.25, 0.3) is 0 Å². The van der Waals surface area contributed by atoms with Crippen LogP contribution >= 0.6 is 23.4 Å². The van der Waals surface area contributed by atoms with Gasteiger partial charge in [-0.3, -0.25) is 4.79 Å². The second-order valence-corrected chi connectivity index (χ2v) is 3.58. The van der Waals surface area contributed by atoms with Crippen molar-refractivity contribution in [3.63, 3.8) is 0 Å². The number of halogens is 1. The summed E-state index contributed by atoms with van der Waals surface area (Å²) in [6, 6.07) is 7.21.